The van der Waals surface area contributed by atoms with Crippen LogP contribution in [0.3, 0.4) is 0 Å². The predicted octanol–water partition coefficient (Wildman–Crippen LogP) is 3.81. The summed E-state index contributed by atoms with van der Waals surface area (Å²) in [6.07, 6.45) is -4.54. The molecule has 7 nitrogen and oxygen atoms in total. The molecule has 0 aliphatic carbocycles. The number of azo groups is 1. The molecular weight excluding hydrogens is 365 g/mol. The standard InChI is InChI=1S/C17H15F3N4O3/c1-10-13(9-21)15(25)24(6-7-27-2)16(26)14(10)23-22-12-5-3-4-11(8-12)17(18,19)20/h3-5,8,25H,6-7H2,1-2H3. The maximum atomic E-state index is 12.8. The molecule has 0 spiro atoms. The van der Waals surface area contributed by atoms with Crippen LogP contribution in [0.1, 0.15) is 16.7 Å². The van der Waals surface area contributed by atoms with Crippen LogP contribution in [0.15, 0.2) is 39.3 Å². The first kappa shape index (κ1) is 20.1. The van der Waals surface area contributed by atoms with Gasteiger partial charge in [-0.05, 0) is 25.1 Å². The van der Waals surface area contributed by atoms with E-state index < -0.39 is 23.2 Å². The van der Waals surface area contributed by atoms with Gasteiger partial charge >= 0.3 is 6.18 Å². The minimum absolute atomic E-state index is 0.0395. The van der Waals surface area contributed by atoms with Crippen molar-refractivity contribution in [3.63, 3.8) is 0 Å². The van der Waals surface area contributed by atoms with Gasteiger partial charge in [-0.15, -0.1) is 5.11 Å². The predicted molar refractivity (Wildman–Crippen MR) is 89.3 cm³/mol. The first-order valence-electron chi connectivity index (χ1n) is 7.65. The van der Waals surface area contributed by atoms with Crippen LogP contribution in [0, 0.1) is 18.3 Å². The number of hydrogen-bond acceptors (Lipinski definition) is 6. The molecule has 0 radical (unpaired) electrons. The average Bonchev–Trinajstić information content (AvgIpc) is 2.61. The monoisotopic (exact) mass is 380 g/mol. The molecule has 1 N–H and O–H groups in total. The molecule has 0 aliphatic rings. The molecule has 0 amide bonds. The Bertz CT molecular complexity index is 975. The lowest BCUT2D eigenvalue weighted by Gasteiger charge is -2.12. The molecule has 1 aromatic heterocycles. The summed E-state index contributed by atoms with van der Waals surface area (Å²) >= 11 is 0. The van der Waals surface area contributed by atoms with Crippen LogP contribution >= 0.6 is 0 Å². The first-order valence-corrected chi connectivity index (χ1v) is 7.65. The van der Waals surface area contributed by atoms with Gasteiger partial charge in [0.1, 0.15) is 11.6 Å². The number of methoxy groups -OCH3 is 1. The Morgan fingerprint density at radius 2 is 2.04 bits per heavy atom. The van der Waals surface area contributed by atoms with Gasteiger partial charge in [0.05, 0.1) is 24.4 Å². The molecule has 10 heteroatoms. The maximum Gasteiger partial charge on any atom is 0.416 e. The van der Waals surface area contributed by atoms with Crippen LogP contribution in [-0.4, -0.2) is 23.4 Å². The molecule has 0 aliphatic heterocycles. The second-order valence-corrected chi connectivity index (χ2v) is 5.48. The van der Waals surface area contributed by atoms with Crippen LogP contribution in [0.2, 0.25) is 0 Å². The van der Waals surface area contributed by atoms with Gasteiger partial charge in [0.2, 0.25) is 5.88 Å². The van der Waals surface area contributed by atoms with Crippen LogP contribution in [0.4, 0.5) is 24.5 Å². The number of benzene rings is 1. The molecule has 0 atom stereocenters. The molecular formula is C17H15F3N4O3. The van der Waals surface area contributed by atoms with Gasteiger partial charge in [-0.3, -0.25) is 9.36 Å². The summed E-state index contributed by atoms with van der Waals surface area (Å²) in [7, 11) is 1.40. The van der Waals surface area contributed by atoms with E-state index in [1.165, 1.54) is 26.2 Å². The summed E-state index contributed by atoms with van der Waals surface area (Å²) < 4.78 is 44.1. The smallest absolute Gasteiger partial charge is 0.416 e. The zero-order valence-electron chi connectivity index (χ0n) is 14.4. The number of aromatic hydroxyl groups is 1. The van der Waals surface area contributed by atoms with Crippen molar-refractivity contribution in [2.45, 2.75) is 19.6 Å². The van der Waals surface area contributed by atoms with Gasteiger partial charge in [-0.1, -0.05) is 6.07 Å². The summed E-state index contributed by atoms with van der Waals surface area (Å²) in [5, 5.41) is 26.7. The van der Waals surface area contributed by atoms with Crippen molar-refractivity contribution < 1.29 is 23.0 Å². The minimum atomic E-state index is -4.54. The molecule has 0 bridgehead atoms. The Morgan fingerprint density at radius 1 is 1.33 bits per heavy atom. The molecule has 142 valence electrons. The van der Waals surface area contributed by atoms with Crippen molar-refractivity contribution in [1.82, 2.24) is 4.57 Å². The number of ether oxygens (including phenoxy) is 1. The first-order chi connectivity index (χ1) is 12.7. The molecule has 0 fully saturated rings. The molecule has 0 unspecified atom stereocenters. The van der Waals surface area contributed by atoms with Crippen molar-refractivity contribution in [2.24, 2.45) is 10.2 Å². The lowest BCUT2D eigenvalue weighted by molar-refractivity contribution is -0.137. The zero-order valence-corrected chi connectivity index (χ0v) is 14.4. The summed E-state index contributed by atoms with van der Waals surface area (Å²) in [4.78, 5) is 12.5. The summed E-state index contributed by atoms with van der Waals surface area (Å²) in [6.45, 7) is 1.44. The molecule has 2 aromatic rings. The van der Waals surface area contributed by atoms with Gasteiger partial charge in [-0.25, -0.2) is 0 Å². The van der Waals surface area contributed by atoms with E-state index in [1.54, 1.807) is 6.07 Å². The molecule has 2 rings (SSSR count). The van der Waals surface area contributed by atoms with Crippen molar-refractivity contribution in [3.05, 3.63) is 51.3 Å². The van der Waals surface area contributed by atoms with Crippen molar-refractivity contribution >= 4 is 11.4 Å². The van der Waals surface area contributed by atoms with Gasteiger partial charge in [0.15, 0.2) is 5.69 Å². The Labute approximate surface area is 152 Å². The summed E-state index contributed by atoms with van der Waals surface area (Å²) in [6, 6.07) is 5.90. The number of aromatic nitrogens is 1. The second-order valence-electron chi connectivity index (χ2n) is 5.48. The second kappa shape index (κ2) is 8.01. The third kappa shape index (κ3) is 4.32. The number of pyridine rings is 1. The van der Waals surface area contributed by atoms with Gasteiger partial charge in [-0.2, -0.15) is 23.5 Å². The van der Waals surface area contributed by atoms with Gasteiger partial charge in [0.25, 0.3) is 5.56 Å². The normalized spacial score (nSPS) is 11.7. The Kier molecular flexibility index (Phi) is 5.97. The molecule has 27 heavy (non-hydrogen) atoms. The third-order valence-electron chi connectivity index (χ3n) is 3.73. The number of nitriles is 1. The molecule has 0 saturated carbocycles. The van der Waals surface area contributed by atoms with E-state index in [0.29, 0.717) is 0 Å². The summed E-state index contributed by atoms with van der Waals surface area (Å²) in [5.74, 6) is -0.532. The van der Waals surface area contributed by atoms with Crippen LogP contribution < -0.4 is 5.56 Å². The minimum Gasteiger partial charge on any atom is -0.493 e. The van der Waals surface area contributed by atoms with Crippen molar-refractivity contribution in [2.75, 3.05) is 13.7 Å². The van der Waals surface area contributed by atoms with E-state index >= 15 is 0 Å². The van der Waals surface area contributed by atoms with Crippen molar-refractivity contribution in [1.29, 1.82) is 5.26 Å². The highest BCUT2D eigenvalue weighted by Gasteiger charge is 2.30. The molecule has 0 saturated heterocycles. The maximum absolute atomic E-state index is 12.8. The van der Waals surface area contributed by atoms with Gasteiger partial charge in [0, 0.05) is 12.7 Å². The highest BCUT2D eigenvalue weighted by atomic mass is 19.4. The highest BCUT2D eigenvalue weighted by molar-refractivity contribution is 5.56. The summed E-state index contributed by atoms with van der Waals surface area (Å²) in [5.41, 5.74) is -2.11. The lowest BCUT2D eigenvalue weighted by Crippen LogP contribution is -2.23. The third-order valence-corrected chi connectivity index (χ3v) is 3.73. The van der Waals surface area contributed by atoms with E-state index in [4.69, 9.17) is 4.74 Å². The van der Waals surface area contributed by atoms with E-state index in [0.717, 1.165) is 16.7 Å². The fourth-order valence-corrected chi connectivity index (χ4v) is 2.30. The Hall–Kier alpha value is -3.19. The SMILES string of the molecule is COCCn1c(O)c(C#N)c(C)c(N=Nc2cccc(C(F)(F)F)c2)c1=O. The quantitative estimate of drug-likeness (QED) is 0.797. The lowest BCUT2D eigenvalue weighted by atomic mass is 10.1. The zero-order chi connectivity index (χ0) is 20.2. The largest absolute Gasteiger partial charge is 0.493 e. The van der Waals surface area contributed by atoms with E-state index in [-0.39, 0.29) is 35.7 Å². The number of rotatable bonds is 5. The van der Waals surface area contributed by atoms with E-state index in [2.05, 4.69) is 10.2 Å². The van der Waals surface area contributed by atoms with Crippen LogP contribution in [0.25, 0.3) is 0 Å². The average molecular weight is 380 g/mol. The number of nitrogens with zero attached hydrogens (tertiary/aromatic N) is 4. The number of halogens is 3. The molecule has 1 heterocycles. The Morgan fingerprint density at radius 3 is 2.63 bits per heavy atom. The fraction of sp³-hybridized carbons (Fsp3) is 0.294. The highest BCUT2D eigenvalue weighted by Crippen LogP contribution is 2.32. The Balaban J connectivity index is 2.55. The van der Waals surface area contributed by atoms with E-state index in [1.807, 2.05) is 0 Å². The topological polar surface area (TPSA) is 100.0 Å². The van der Waals surface area contributed by atoms with E-state index in [9.17, 15) is 28.3 Å². The van der Waals surface area contributed by atoms with Gasteiger partial charge < -0.3 is 9.84 Å². The fourth-order valence-electron chi connectivity index (χ4n) is 2.30. The number of hydrogen-bond donors (Lipinski definition) is 1. The van der Waals surface area contributed by atoms with Crippen LogP contribution in [0.5, 0.6) is 5.88 Å². The molecule has 1 aromatic carbocycles. The van der Waals surface area contributed by atoms with Crippen molar-refractivity contribution in [3.8, 4) is 11.9 Å². The number of alkyl halides is 3. The van der Waals surface area contributed by atoms with Crippen LogP contribution in [-0.2, 0) is 17.5 Å².